The fraction of sp³-hybridized carbons (Fsp3) is 0.400. The summed E-state index contributed by atoms with van der Waals surface area (Å²) < 4.78 is 0. The maximum absolute atomic E-state index is 12.3. The van der Waals surface area contributed by atoms with Crippen molar-refractivity contribution in [2.75, 3.05) is 48.3 Å². The lowest BCUT2D eigenvalue weighted by molar-refractivity contribution is -0.125. The summed E-state index contributed by atoms with van der Waals surface area (Å²) in [6, 6.07) is 13.8. The number of nitrogens with two attached hydrogens (primary N) is 1. The number of para-hydroxylation sites is 1. The number of carbonyl (C=O) groups is 1. The SMILES string of the molecule is Nc1nnc(-c2ccccc2O)cc1N1CC2CCC(C1)N2c1ccnc(C#CCNC(=O)C2CCNCC2)c1. The van der Waals surface area contributed by atoms with E-state index in [4.69, 9.17) is 5.73 Å². The predicted molar refractivity (Wildman–Crippen MR) is 155 cm³/mol. The molecule has 0 saturated carbocycles. The van der Waals surface area contributed by atoms with Gasteiger partial charge < -0.3 is 31.3 Å². The Balaban J connectivity index is 1.13. The van der Waals surface area contributed by atoms with Crippen molar-refractivity contribution in [2.45, 2.75) is 37.8 Å². The second-order valence-corrected chi connectivity index (χ2v) is 10.7. The summed E-state index contributed by atoms with van der Waals surface area (Å²) in [7, 11) is 0. The first kappa shape index (κ1) is 25.9. The van der Waals surface area contributed by atoms with E-state index in [1.54, 1.807) is 12.1 Å². The van der Waals surface area contributed by atoms with Crippen molar-refractivity contribution in [2.24, 2.45) is 5.92 Å². The zero-order chi connectivity index (χ0) is 27.5. The Hall–Kier alpha value is -4.36. The van der Waals surface area contributed by atoms with Crippen LogP contribution in [0.2, 0.25) is 0 Å². The van der Waals surface area contributed by atoms with Crippen LogP contribution in [0.15, 0.2) is 48.7 Å². The van der Waals surface area contributed by atoms with Crippen LogP contribution in [0, 0.1) is 17.8 Å². The van der Waals surface area contributed by atoms with Crippen molar-refractivity contribution in [1.29, 1.82) is 0 Å². The van der Waals surface area contributed by atoms with Crippen LogP contribution in [0.25, 0.3) is 11.3 Å². The number of carbonyl (C=O) groups excluding carboxylic acids is 1. The molecule has 1 amide bonds. The van der Waals surface area contributed by atoms with Crippen molar-refractivity contribution in [3.05, 3.63) is 54.4 Å². The summed E-state index contributed by atoms with van der Waals surface area (Å²) >= 11 is 0. The summed E-state index contributed by atoms with van der Waals surface area (Å²) in [4.78, 5) is 21.6. The molecule has 5 heterocycles. The number of hydrogen-bond acceptors (Lipinski definition) is 9. The van der Waals surface area contributed by atoms with Gasteiger partial charge in [0.15, 0.2) is 5.82 Å². The molecule has 5 N–H and O–H groups in total. The minimum Gasteiger partial charge on any atom is -0.507 e. The summed E-state index contributed by atoms with van der Waals surface area (Å²) in [5, 5.41) is 25.0. The molecule has 0 spiro atoms. The molecule has 206 valence electrons. The second-order valence-electron chi connectivity index (χ2n) is 10.7. The van der Waals surface area contributed by atoms with Gasteiger partial charge >= 0.3 is 0 Å². The van der Waals surface area contributed by atoms with Gasteiger partial charge in [-0.05, 0) is 75.0 Å². The van der Waals surface area contributed by atoms with Gasteiger partial charge in [-0.1, -0.05) is 18.1 Å². The summed E-state index contributed by atoms with van der Waals surface area (Å²) in [5.74, 6) is 6.91. The number of phenols is 1. The molecule has 3 aliphatic heterocycles. The van der Waals surface area contributed by atoms with E-state index in [9.17, 15) is 9.90 Å². The van der Waals surface area contributed by atoms with Gasteiger partial charge in [-0.3, -0.25) is 4.79 Å². The van der Waals surface area contributed by atoms with Crippen molar-refractivity contribution in [1.82, 2.24) is 25.8 Å². The number of phenolic OH excluding ortho intramolecular Hbond substituents is 1. The third kappa shape index (κ3) is 5.38. The standard InChI is InChI=1S/C30H34N8O2/c31-29-27(17-26(35-36-29)25-5-1-2-6-28(25)39)37-18-23-7-8-24(19-37)38(23)22-11-15-33-21(16-22)4-3-12-34-30(40)20-9-13-32-14-10-20/h1-2,5-6,11,15-17,20,23-24,32,39H,7-10,12-14,18-19H2,(H2,31,36)(H,34,40). The summed E-state index contributed by atoms with van der Waals surface area (Å²) in [6.07, 6.45) is 5.72. The number of anilines is 3. The number of aromatic hydroxyl groups is 1. The predicted octanol–water partition coefficient (Wildman–Crippen LogP) is 2.15. The second kappa shape index (κ2) is 11.4. The molecule has 2 bridgehead atoms. The maximum Gasteiger partial charge on any atom is 0.223 e. The Bertz CT molecular complexity index is 1430. The number of piperazine rings is 1. The van der Waals surface area contributed by atoms with Crippen molar-refractivity contribution in [3.8, 4) is 28.8 Å². The quantitative estimate of drug-likeness (QED) is 0.361. The first-order chi connectivity index (χ1) is 19.6. The number of fused-ring (bicyclic) bond motifs is 2. The molecule has 10 nitrogen and oxygen atoms in total. The minimum absolute atomic E-state index is 0.0778. The van der Waals surface area contributed by atoms with Crippen molar-refractivity contribution in [3.63, 3.8) is 0 Å². The van der Waals surface area contributed by atoms with Crippen molar-refractivity contribution < 1.29 is 9.90 Å². The number of piperidine rings is 1. The van der Waals surface area contributed by atoms with Gasteiger partial charge in [0.05, 0.1) is 17.9 Å². The average molecular weight is 539 g/mol. The van der Waals surface area contributed by atoms with Gasteiger partial charge in [-0.25, -0.2) is 4.98 Å². The topological polar surface area (TPSA) is 133 Å². The first-order valence-electron chi connectivity index (χ1n) is 13.9. The van der Waals surface area contributed by atoms with Gasteiger partial charge in [0.25, 0.3) is 0 Å². The van der Waals surface area contributed by atoms with E-state index in [1.165, 1.54) is 0 Å². The number of nitrogens with zero attached hydrogens (tertiary/aromatic N) is 5. The summed E-state index contributed by atoms with van der Waals surface area (Å²) in [6.45, 7) is 3.71. The lowest BCUT2D eigenvalue weighted by Crippen LogP contribution is -2.54. The maximum atomic E-state index is 12.3. The molecule has 1 aromatic carbocycles. The highest BCUT2D eigenvalue weighted by atomic mass is 16.3. The molecule has 2 unspecified atom stereocenters. The molecule has 0 radical (unpaired) electrons. The van der Waals surface area contributed by atoms with E-state index in [0.717, 1.165) is 63.2 Å². The van der Waals surface area contributed by atoms with Gasteiger partial charge in [-0.15, -0.1) is 10.2 Å². The lowest BCUT2D eigenvalue weighted by Gasteiger charge is -2.43. The lowest BCUT2D eigenvalue weighted by atomic mass is 9.97. The van der Waals surface area contributed by atoms with E-state index in [0.29, 0.717) is 41.4 Å². The third-order valence-electron chi connectivity index (χ3n) is 8.12. The Morgan fingerprint density at radius 2 is 1.85 bits per heavy atom. The van der Waals surface area contributed by atoms with Gasteiger partial charge in [-0.2, -0.15) is 0 Å². The molecule has 3 aliphatic rings. The van der Waals surface area contributed by atoms with Crippen LogP contribution in [0.1, 0.15) is 31.4 Å². The zero-order valence-corrected chi connectivity index (χ0v) is 22.4. The molecule has 6 rings (SSSR count). The third-order valence-corrected chi connectivity index (χ3v) is 8.12. The van der Waals surface area contributed by atoms with Gasteiger partial charge in [0.1, 0.15) is 11.4 Å². The molecule has 3 aromatic rings. The number of nitrogen functional groups attached to an aromatic ring is 1. The number of hydrogen-bond donors (Lipinski definition) is 4. The molecule has 3 fully saturated rings. The van der Waals surface area contributed by atoms with Crippen molar-refractivity contribution >= 4 is 23.1 Å². The molecule has 10 heteroatoms. The van der Waals surface area contributed by atoms with E-state index < -0.39 is 0 Å². The van der Waals surface area contributed by atoms with Gasteiger partial charge in [0.2, 0.25) is 5.91 Å². The first-order valence-corrected chi connectivity index (χ1v) is 13.9. The highest BCUT2D eigenvalue weighted by Crippen LogP contribution is 2.39. The monoisotopic (exact) mass is 538 g/mol. The van der Waals surface area contributed by atoms with E-state index in [-0.39, 0.29) is 17.6 Å². The fourth-order valence-corrected chi connectivity index (χ4v) is 6.13. The molecule has 3 saturated heterocycles. The van der Waals surface area contributed by atoms with Crippen LogP contribution in [0.3, 0.4) is 0 Å². The van der Waals surface area contributed by atoms with Crippen LogP contribution in [-0.2, 0) is 4.79 Å². The average Bonchev–Trinajstić information content (AvgIpc) is 3.25. The smallest absolute Gasteiger partial charge is 0.223 e. The highest BCUT2D eigenvalue weighted by Gasteiger charge is 2.40. The number of nitrogens with one attached hydrogen (secondary N) is 2. The van der Waals surface area contributed by atoms with Crippen LogP contribution < -0.4 is 26.2 Å². The van der Waals surface area contributed by atoms with E-state index in [1.807, 2.05) is 36.5 Å². The molecule has 0 aliphatic carbocycles. The molecular formula is C30H34N8O2. The normalized spacial score (nSPS) is 20.6. The Morgan fingerprint density at radius 3 is 2.62 bits per heavy atom. The van der Waals surface area contributed by atoms with Crippen LogP contribution in [0.4, 0.5) is 17.2 Å². The minimum atomic E-state index is 0.0778. The number of rotatable bonds is 5. The van der Waals surface area contributed by atoms with Gasteiger partial charge in [0, 0.05) is 48.5 Å². The molecule has 2 atom stereocenters. The number of amides is 1. The van der Waals surface area contributed by atoms with E-state index in [2.05, 4.69) is 47.5 Å². The fourth-order valence-electron chi connectivity index (χ4n) is 6.13. The molecule has 40 heavy (non-hydrogen) atoms. The van der Waals surface area contributed by atoms with Crippen LogP contribution in [-0.4, -0.2) is 71.0 Å². The zero-order valence-electron chi connectivity index (χ0n) is 22.4. The van der Waals surface area contributed by atoms with Crippen LogP contribution >= 0.6 is 0 Å². The van der Waals surface area contributed by atoms with E-state index >= 15 is 0 Å². The molecule has 2 aromatic heterocycles. The Morgan fingerprint density at radius 1 is 1.07 bits per heavy atom. The van der Waals surface area contributed by atoms with Crippen LogP contribution in [0.5, 0.6) is 5.75 Å². The molecular weight excluding hydrogens is 504 g/mol. The largest absolute Gasteiger partial charge is 0.507 e. The number of aromatic nitrogens is 3. The Labute approximate surface area is 234 Å². The highest BCUT2D eigenvalue weighted by molar-refractivity contribution is 5.79. The summed E-state index contributed by atoms with van der Waals surface area (Å²) in [5.41, 5.74) is 10.2. The number of benzene rings is 1. The number of pyridine rings is 1. The Kier molecular flexibility index (Phi) is 7.38.